The maximum Gasteiger partial charge on any atom is 0.290 e. The molecular weight excluding hydrogens is 530 g/mol. The molecule has 2 N–H and O–H groups in total. The van der Waals surface area contributed by atoms with E-state index in [0.717, 1.165) is 16.6 Å². The Bertz CT molecular complexity index is 1860. The number of benzene rings is 2. The molecule has 0 radical (unpaired) electrons. The molecule has 40 heavy (non-hydrogen) atoms. The second-order valence-electron chi connectivity index (χ2n) is 9.46. The van der Waals surface area contributed by atoms with Crippen LogP contribution < -0.4 is 16.2 Å². The van der Waals surface area contributed by atoms with E-state index in [2.05, 4.69) is 15.6 Å². The number of hydrogen-bond acceptors (Lipinski definition) is 5. The molecule has 0 aliphatic heterocycles. The van der Waals surface area contributed by atoms with E-state index in [-0.39, 0.29) is 23.1 Å². The summed E-state index contributed by atoms with van der Waals surface area (Å²) in [6, 6.07) is 16.2. The van der Waals surface area contributed by atoms with Crippen molar-refractivity contribution in [1.82, 2.24) is 19.6 Å². The quantitative estimate of drug-likeness (QED) is 0.284. The van der Waals surface area contributed by atoms with Crippen LogP contribution in [0.3, 0.4) is 0 Å². The minimum atomic E-state index is -0.387. The standard InChI is InChI=1S/C30H28ClN5O4/c1-6-36-24(18-10-11-22(23(31)14-18)25-17(3)40-35(5)30(25)39)15-20-12-16(2)33-26(27(20)36)29(38)34-21-9-7-8-19(13-21)28(37)32-4/h7-15H,6H2,1-5H3,(H,32,37)(H,34,38). The molecule has 0 aliphatic rings. The van der Waals surface area contributed by atoms with Crippen molar-refractivity contribution in [1.29, 1.82) is 0 Å². The van der Waals surface area contributed by atoms with Gasteiger partial charge >= 0.3 is 0 Å². The van der Waals surface area contributed by atoms with E-state index in [1.54, 1.807) is 45.3 Å². The van der Waals surface area contributed by atoms with Crippen molar-refractivity contribution in [3.05, 3.63) is 92.7 Å². The predicted molar refractivity (Wildman–Crippen MR) is 156 cm³/mol. The van der Waals surface area contributed by atoms with Gasteiger partial charge in [-0.05, 0) is 62.7 Å². The largest absolute Gasteiger partial charge is 0.381 e. The third kappa shape index (κ3) is 4.69. The highest BCUT2D eigenvalue weighted by Crippen LogP contribution is 2.36. The Balaban J connectivity index is 1.58. The molecule has 3 aromatic heterocycles. The second-order valence-corrected chi connectivity index (χ2v) is 9.86. The number of carbonyl (C=O) groups excluding carboxylic acids is 2. The third-order valence-corrected chi connectivity index (χ3v) is 7.12. The van der Waals surface area contributed by atoms with Crippen molar-refractivity contribution in [3.63, 3.8) is 0 Å². The number of pyridine rings is 1. The summed E-state index contributed by atoms with van der Waals surface area (Å²) >= 11 is 6.70. The van der Waals surface area contributed by atoms with Crippen molar-refractivity contribution >= 4 is 40.0 Å². The van der Waals surface area contributed by atoms with Gasteiger partial charge in [0, 0.05) is 59.3 Å². The number of anilines is 1. The van der Waals surface area contributed by atoms with Gasteiger partial charge < -0.3 is 19.7 Å². The lowest BCUT2D eigenvalue weighted by Crippen LogP contribution is -2.19. The van der Waals surface area contributed by atoms with Crippen LogP contribution >= 0.6 is 11.6 Å². The Morgan fingerprint density at radius 1 is 1.05 bits per heavy atom. The highest BCUT2D eigenvalue weighted by atomic mass is 35.5. The number of aromatic nitrogens is 3. The van der Waals surface area contributed by atoms with Gasteiger partial charge in [-0.3, -0.25) is 14.4 Å². The van der Waals surface area contributed by atoms with Gasteiger partial charge in [0.2, 0.25) is 0 Å². The van der Waals surface area contributed by atoms with E-state index in [9.17, 15) is 14.4 Å². The summed E-state index contributed by atoms with van der Waals surface area (Å²) < 4.78 is 8.64. The van der Waals surface area contributed by atoms with Crippen LogP contribution in [0.4, 0.5) is 5.69 Å². The molecule has 10 heteroatoms. The number of rotatable bonds is 6. The molecular formula is C30H28ClN5O4. The number of fused-ring (bicyclic) bond motifs is 1. The first-order chi connectivity index (χ1) is 19.1. The maximum absolute atomic E-state index is 13.5. The fourth-order valence-electron chi connectivity index (χ4n) is 5.01. The SMILES string of the molecule is CCn1c(-c2ccc(-c3c(C)on(C)c3=O)c(Cl)c2)cc2cc(C)nc(C(=O)Nc3cccc(C(=O)NC)c3)c21. The first-order valence-corrected chi connectivity index (χ1v) is 13.1. The zero-order valence-corrected chi connectivity index (χ0v) is 23.5. The molecule has 0 fully saturated rings. The Kier molecular flexibility index (Phi) is 7.08. The molecule has 0 saturated heterocycles. The van der Waals surface area contributed by atoms with E-state index in [4.69, 9.17) is 16.1 Å². The molecule has 2 aromatic carbocycles. The fraction of sp³-hybridized carbons (Fsp3) is 0.200. The molecule has 3 heterocycles. The number of hydrogen-bond donors (Lipinski definition) is 2. The molecule has 9 nitrogen and oxygen atoms in total. The monoisotopic (exact) mass is 557 g/mol. The maximum atomic E-state index is 13.5. The van der Waals surface area contributed by atoms with E-state index in [1.165, 1.54) is 4.74 Å². The predicted octanol–water partition coefficient (Wildman–Crippen LogP) is 5.56. The van der Waals surface area contributed by atoms with Crippen molar-refractivity contribution in [3.8, 4) is 22.4 Å². The topological polar surface area (TPSA) is 111 Å². The number of halogens is 1. The van der Waals surface area contributed by atoms with E-state index in [1.807, 2.05) is 48.7 Å². The lowest BCUT2D eigenvalue weighted by Gasteiger charge is -2.13. The highest BCUT2D eigenvalue weighted by Gasteiger charge is 2.22. The average Bonchev–Trinajstić information content (AvgIpc) is 3.42. The molecule has 0 aliphatic carbocycles. The summed E-state index contributed by atoms with van der Waals surface area (Å²) in [6.45, 7) is 6.13. The van der Waals surface area contributed by atoms with E-state index >= 15 is 0 Å². The van der Waals surface area contributed by atoms with E-state index in [0.29, 0.717) is 50.9 Å². The van der Waals surface area contributed by atoms with Crippen LogP contribution in [0.15, 0.2) is 63.9 Å². The molecule has 0 unspecified atom stereocenters. The van der Waals surface area contributed by atoms with Crippen LogP contribution in [0.1, 0.15) is 39.2 Å². The van der Waals surface area contributed by atoms with Gasteiger partial charge in [0.25, 0.3) is 17.4 Å². The molecule has 0 spiro atoms. The minimum Gasteiger partial charge on any atom is -0.381 e. The van der Waals surface area contributed by atoms with Crippen molar-refractivity contribution in [2.24, 2.45) is 7.05 Å². The smallest absolute Gasteiger partial charge is 0.290 e. The van der Waals surface area contributed by atoms with E-state index < -0.39 is 0 Å². The average molecular weight is 558 g/mol. The first kappa shape index (κ1) is 27.0. The summed E-state index contributed by atoms with van der Waals surface area (Å²) in [4.78, 5) is 42.8. The summed E-state index contributed by atoms with van der Waals surface area (Å²) in [5.74, 6) is -0.144. The highest BCUT2D eigenvalue weighted by molar-refractivity contribution is 6.33. The fourth-order valence-corrected chi connectivity index (χ4v) is 5.29. The van der Waals surface area contributed by atoms with Crippen LogP contribution in [-0.2, 0) is 13.6 Å². The van der Waals surface area contributed by atoms with Gasteiger partial charge in [-0.15, -0.1) is 0 Å². The number of aryl methyl sites for hydroxylation is 4. The molecule has 0 atom stereocenters. The molecule has 2 amide bonds. The molecule has 0 bridgehead atoms. The van der Waals surface area contributed by atoms with Crippen molar-refractivity contribution < 1.29 is 14.1 Å². The summed E-state index contributed by atoms with van der Waals surface area (Å²) in [6.07, 6.45) is 0. The van der Waals surface area contributed by atoms with Crippen molar-refractivity contribution in [2.45, 2.75) is 27.3 Å². The van der Waals surface area contributed by atoms with Crippen molar-refractivity contribution in [2.75, 3.05) is 12.4 Å². The third-order valence-electron chi connectivity index (χ3n) is 6.80. The first-order valence-electron chi connectivity index (χ1n) is 12.7. The molecule has 5 rings (SSSR count). The second kappa shape index (κ2) is 10.5. The van der Waals surface area contributed by atoms with Crippen LogP contribution in [0.2, 0.25) is 5.02 Å². The summed E-state index contributed by atoms with van der Waals surface area (Å²) in [5, 5.41) is 6.74. The number of nitrogens with one attached hydrogen (secondary N) is 2. The van der Waals surface area contributed by atoms with Gasteiger partial charge in [0.15, 0.2) is 5.69 Å². The van der Waals surface area contributed by atoms with Crippen LogP contribution in [0.5, 0.6) is 0 Å². The lowest BCUT2D eigenvalue weighted by molar-refractivity contribution is 0.0961. The molecule has 0 saturated carbocycles. The zero-order chi connectivity index (χ0) is 28.7. The normalized spacial score (nSPS) is 11.2. The Labute approximate surface area is 235 Å². The molecule has 204 valence electrons. The lowest BCUT2D eigenvalue weighted by atomic mass is 10.0. The van der Waals surface area contributed by atoms with Gasteiger partial charge in [-0.2, -0.15) is 4.74 Å². The van der Waals surface area contributed by atoms with Crippen LogP contribution in [0.25, 0.3) is 33.3 Å². The van der Waals surface area contributed by atoms with Gasteiger partial charge in [-0.25, -0.2) is 4.98 Å². The van der Waals surface area contributed by atoms with Crippen LogP contribution in [-0.4, -0.2) is 33.2 Å². The number of carbonyl (C=O) groups is 2. The van der Waals surface area contributed by atoms with Gasteiger partial charge in [0.1, 0.15) is 5.76 Å². The van der Waals surface area contributed by atoms with Crippen LogP contribution in [0, 0.1) is 13.8 Å². The Hall–Kier alpha value is -4.63. The Morgan fingerprint density at radius 2 is 1.82 bits per heavy atom. The summed E-state index contributed by atoms with van der Waals surface area (Å²) in [5.41, 5.74) is 5.01. The van der Waals surface area contributed by atoms with Gasteiger partial charge in [-0.1, -0.05) is 29.8 Å². The van der Waals surface area contributed by atoms with Gasteiger partial charge in [0.05, 0.1) is 11.1 Å². The minimum absolute atomic E-state index is 0.246. The Morgan fingerprint density at radius 3 is 2.48 bits per heavy atom. The number of nitrogens with zero attached hydrogens (tertiary/aromatic N) is 3. The summed E-state index contributed by atoms with van der Waals surface area (Å²) in [7, 11) is 3.11. The zero-order valence-electron chi connectivity index (χ0n) is 22.8. The molecule has 5 aromatic rings. The number of amides is 2.